The quantitative estimate of drug-likeness (QED) is 0.0419. The molecule has 3 fully saturated rings. The van der Waals surface area contributed by atoms with Gasteiger partial charge in [-0.1, -0.05) is 20.8 Å². The van der Waals surface area contributed by atoms with Crippen molar-refractivity contribution >= 4 is 30.1 Å². The van der Waals surface area contributed by atoms with E-state index in [1.165, 1.54) is 13.8 Å². The van der Waals surface area contributed by atoms with Crippen LogP contribution in [0.4, 0.5) is 9.59 Å². The second-order valence-electron chi connectivity index (χ2n) is 16.3. The van der Waals surface area contributed by atoms with E-state index in [9.17, 15) is 24.0 Å². The molecule has 3 heterocycles. The molecule has 6 unspecified atom stereocenters. The summed E-state index contributed by atoms with van der Waals surface area (Å²) in [6.07, 6.45) is 0.577. The number of carboxylic acids is 1. The summed E-state index contributed by atoms with van der Waals surface area (Å²) >= 11 is 0. The van der Waals surface area contributed by atoms with Crippen LogP contribution >= 0.6 is 0 Å². The molecule has 63 heavy (non-hydrogen) atoms. The van der Waals surface area contributed by atoms with Gasteiger partial charge in [-0.15, -0.1) is 17.8 Å². The number of carbonyl (C=O) groups is 5. The Kier molecular flexibility index (Phi) is 46.4. The van der Waals surface area contributed by atoms with E-state index < -0.39 is 59.4 Å². The number of aliphatic carboxylic acids is 1. The molecule has 3 aliphatic heterocycles. The van der Waals surface area contributed by atoms with Gasteiger partial charge in [-0.3, -0.25) is 9.59 Å². The molecule has 3 aliphatic rings. The van der Waals surface area contributed by atoms with Crippen molar-refractivity contribution in [2.45, 2.75) is 151 Å². The molecule has 23 heteroatoms. The largest absolute Gasteiger partial charge is 1.00 e. The summed E-state index contributed by atoms with van der Waals surface area (Å²) in [4.78, 5) is 55.5. The number of nitrogens with one attached hydrogen (secondary N) is 2. The number of rotatable bonds is 16. The number of nitrogens with two attached hydrogens (primary N) is 1. The average molecular weight is 1270 g/mol. The molecule has 3 rings (SSSR count). The number of carbonyl (C=O) groups excluding carboxylic acids is 4. The second-order valence-corrected chi connectivity index (χ2v) is 16.3. The Labute approximate surface area is 551 Å². The summed E-state index contributed by atoms with van der Waals surface area (Å²) in [6.45, 7) is 27.6. The predicted molar refractivity (Wildman–Crippen MR) is 215 cm³/mol. The Hall–Kier alpha value is 2.79. The summed E-state index contributed by atoms with van der Waals surface area (Å²) in [5.74, 6) is -0.783. The zero-order chi connectivity index (χ0) is 46.1. The third-order valence-corrected chi connectivity index (χ3v) is 7.30. The number of aliphatic hydroxyl groups excluding tert-OH is 1. The summed E-state index contributed by atoms with van der Waals surface area (Å²) in [5, 5.41) is 21.5. The van der Waals surface area contributed by atoms with E-state index in [1.54, 1.807) is 68.3 Å². The van der Waals surface area contributed by atoms with Crippen LogP contribution in [0, 0.1) is 37.6 Å². The fourth-order valence-electron chi connectivity index (χ4n) is 4.40. The molecule has 20 nitrogen and oxygen atoms in total. The SMILES string of the molecule is CC(N)C(=O)OCCOC1C[C@@H](C)[CH-]O1.CC(NC(=O)OC(C)(C)C)C(=O)O.CC(NC(=O)OC(C)(C)C)C(=O)OCCOC1C[C@@H](C)[CH-]O1.C[C@H]1[CH-]OC(OCCO)C1.[Cs+].[Cs+].[Cs+]. The van der Waals surface area contributed by atoms with Gasteiger partial charge in [0.2, 0.25) is 0 Å². The zero-order valence-corrected chi connectivity index (χ0v) is 59.2. The third-order valence-electron chi connectivity index (χ3n) is 7.30. The molecule has 0 bridgehead atoms. The van der Waals surface area contributed by atoms with Gasteiger partial charge in [0.15, 0.2) is 0 Å². The minimum atomic E-state index is -1.09. The molecule has 3 saturated heterocycles. The number of hydrogen-bond donors (Lipinski definition) is 5. The molecule has 0 radical (unpaired) electrons. The fourth-order valence-corrected chi connectivity index (χ4v) is 4.40. The molecule has 0 spiro atoms. The van der Waals surface area contributed by atoms with E-state index in [0.29, 0.717) is 31.0 Å². The van der Waals surface area contributed by atoms with Crippen molar-refractivity contribution in [3.8, 4) is 0 Å². The molecule has 0 saturated carbocycles. The third kappa shape index (κ3) is 42.2. The topological polar surface area (TPSA) is 268 Å². The van der Waals surface area contributed by atoms with E-state index in [0.717, 1.165) is 19.3 Å². The molecular formula is C40H72Cs3N3O17. The molecular weight excluding hydrogens is 1190 g/mol. The van der Waals surface area contributed by atoms with Gasteiger partial charge < -0.3 is 73.9 Å². The molecule has 352 valence electrons. The molecule has 2 amide bonds. The van der Waals surface area contributed by atoms with Crippen molar-refractivity contribution in [3.63, 3.8) is 0 Å². The molecule has 0 aromatic heterocycles. The van der Waals surface area contributed by atoms with Crippen LogP contribution in [0.3, 0.4) is 0 Å². The van der Waals surface area contributed by atoms with Crippen molar-refractivity contribution in [2.24, 2.45) is 23.5 Å². The fraction of sp³-hybridized carbons (Fsp3) is 0.800. The van der Waals surface area contributed by atoms with Gasteiger partial charge in [0.25, 0.3) is 0 Å². The van der Waals surface area contributed by atoms with Gasteiger partial charge in [0.05, 0.1) is 26.4 Å². The Morgan fingerprint density at radius 3 is 1.24 bits per heavy atom. The first-order valence-electron chi connectivity index (χ1n) is 20.0. The van der Waals surface area contributed by atoms with Crippen molar-refractivity contribution < 1.29 is 288 Å². The van der Waals surface area contributed by atoms with Crippen molar-refractivity contribution in [3.05, 3.63) is 19.8 Å². The maximum absolute atomic E-state index is 11.7. The number of ether oxygens (including phenoxy) is 10. The first-order valence-corrected chi connectivity index (χ1v) is 20.0. The Morgan fingerprint density at radius 2 is 0.952 bits per heavy atom. The summed E-state index contributed by atoms with van der Waals surface area (Å²) < 4.78 is 51.2. The number of aliphatic hydroxyl groups is 1. The van der Waals surface area contributed by atoms with Crippen LogP contribution in [0.5, 0.6) is 0 Å². The Bertz CT molecular complexity index is 1260. The van der Waals surface area contributed by atoms with E-state index in [1.807, 2.05) is 6.92 Å². The molecule has 0 aliphatic carbocycles. The zero-order valence-electron chi connectivity index (χ0n) is 40.4. The molecule has 6 N–H and O–H groups in total. The van der Waals surface area contributed by atoms with Gasteiger partial charge in [-0.25, -0.2) is 34.2 Å². The predicted octanol–water partition coefficient (Wildman–Crippen LogP) is -5.02. The van der Waals surface area contributed by atoms with Crippen LogP contribution in [-0.4, -0.2) is 128 Å². The Morgan fingerprint density at radius 1 is 0.619 bits per heavy atom. The first kappa shape index (κ1) is 72.3. The van der Waals surface area contributed by atoms with Crippen LogP contribution < -0.4 is 223 Å². The van der Waals surface area contributed by atoms with Gasteiger partial charge >= 0.3 is 237 Å². The maximum atomic E-state index is 11.7. The van der Waals surface area contributed by atoms with Gasteiger partial charge in [-0.05, 0) is 81.6 Å². The number of carboxylic acid groups (broad SMARTS) is 1. The van der Waals surface area contributed by atoms with Crippen LogP contribution in [0.15, 0.2) is 0 Å². The van der Waals surface area contributed by atoms with Crippen LogP contribution in [0.2, 0.25) is 0 Å². The average Bonchev–Trinajstić information content (AvgIpc) is 3.87. The van der Waals surface area contributed by atoms with Crippen LogP contribution in [-0.2, 0) is 61.8 Å². The Balaban J connectivity index is -0.000000377. The standard InChI is InChI=1S/C15H26NO6.C10H18NO4.C8H15NO4.C7H13O3.3Cs/c1-10-8-12(21-9-10)19-6-7-20-13(17)11(2)16-14(18)22-15(3,4)5;1-7-5-9(15-6-7)13-3-4-14-10(12)8(2)11;1-5(6(10)11)9-7(12)13-8(2,3)4;1-6-4-7(10-5-6)9-3-2-8;;;/h9-12H,6-8H2,1-5H3,(H,16,18);6-9H,3-5,11H2,1-2H3;5H,1-4H3,(H,9,12)(H,10,11);5-8H,2-4H2,1H3;;;/q2*-1;;-1;3*+1/t10-,11?,12?;7-,8?,9?;;6-,7?;;;/m11.1.../s1. The number of esters is 2. The van der Waals surface area contributed by atoms with E-state index in [-0.39, 0.29) is 252 Å². The summed E-state index contributed by atoms with van der Waals surface area (Å²) in [6, 6.07) is -2.30. The molecule has 0 aromatic carbocycles. The first-order chi connectivity index (χ1) is 27.8. The van der Waals surface area contributed by atoms with Crippen LogP contribution in [0.25, 0.3) is 0 Å². The summed E-state index contributed by atoms with van der Waals surface area (Å²) in [5.41, 5.74) is 4.09. The van der Waals surface area contributed by atoms with Crippen molar-refractivity contribution in [2.75, 3.05) is 39.6 Å². The second kappa shape index (κ2) is 40.4. The number of amides is 2. The van der Waals surface area contributed by atoms with E-state index in [2.05, 4.69) is 24.5 Å². The normalized spacial score (nSPS) is 22.6. The number of hydrogen-bond acceptors (Lipinski definition) is 17. The molecule has 9 atom stereocenters. The maximum Gasteiger partial charge on any atom is 1.00 e. The van der Waals surface area contributed by atoms with E-state index in [4.69, 9.17) is 63.3 Å². The van der Waals surface area contributed by atoms with Crippen molar-refractivity contribution in [1.29, 1.82) is 0 Å². The molecule has 0 aromatic rings. The number of alkyl carbamates (subject to hydrolysis) is 2. The summed E-state index contributed by atoms with van der Waals surface area (Å²) in [7, 11) is 0. The smallest absolute Gasteiger partial charge is 0.529 e. The van der Waals surface area contributed by atoms with Crippen LogP contribution in [0.1, 0.15) is 102 Å². The minimum Gasteiger partial charge on any atom is -0.529 e. The van der Waals surface area contributed by atoms with Gasteiger partial charge in [-0.2, -0.15) is 0 Å². The van der Waals surface area contributed by atoms with E-state index >= 15 is 0 Å². The van der Waals surface area contributed by atoms with Gasteiger partial charge in [0.1, 0.15) is 61.4 Å². The van der Waals surface area contributed by atoms with Crippen molar-refractivity contribution in [1.82, 2.24) is 10.6 Å². The van der Waals surface area contributed by atoms with Gasteiger partial charge in [0, 0.05) is 0 Å². The minimum absolute atomic E-state index is 0. The monoisotopic (exact) mass is 1270 g/mol.